The second-order valence-corrected chi connectivity index (χ2v) is 4.22. The SMILES string of the molecule is CCCC(CC)NCc1ncc(Cl)n1C. The molecule has 3 nitrogen and oxygen atoms in total. The molecular formula is C11H20ClN3. The highest BCUT2D eigenvalue weighted by Gasteiger charge is 2.07. The normalized spacial score (nSPS) is 13.1. The molecule has 0 saturated carbocycles. The Morgan fingerprint density at radius 3 is 2.73 bits per heavy atom. The smallest absolute Gasteiger partial charge is 0.128 e. The molecular weight excluding hydrogens is 210 g/mol. The zero-order valence-electron chi connectivity index (χ0n) is 9.76. The van der Waals surface area contributed by atoms with Crippen LogP contribution in [-0.4, -0.2) is 15.6 Å². The molecule has 86 valence electrons. The van der Waals surface area contributed by atoms with E-state index in [9.17, 15) is 0 Å². The van der Waals surface area contributed by atoms with Crippen molar-refractivity contribution in [2.45, 2.75) is 45.7 Å². The Morgan fingerprint density at radius 1 is 1.53 bits per heavy atom. The monoisotopic (exact) mass is 229 g/mol. The van der Waals surface area contributed by atoms with E-state index in [0.717, 1.165) is 18.8 Å². The molecule has 0 aliphatic carbocycles. The van der Waals surface area contributed by atoms with E-state index in [1.807, 2.05) is 11.6 Å². The third-order valence-electron chi connectivity index (χ3n) is 2.71. The van der Waals surface area contributed by atoms with Gasteiger partial charge in [-0.2, -0.15) is 0 Å². The lowest BCUT2D eigenvalue weighted by atomic mass is 10.1. The van der Waals surface area contributed by atoms with Crippen LogP contribution in [0.2, 0.25) is 5.15 Å². The van der Waals surface area contributed by atoms with Crippen LogP contribution in [0, 0.1) is 0 Å². The Labute approximate surface area is 96.8 Å². The van der Waals surface area contributed by atoms with Crippen molar-refractivity contribution in [3.05, 3.63) is 17.2 Å². The molecule has 1 rings (SSSR count). The van der Waals surface area contributed by atoms with Crippen molar-refractivity contribution in [1.82, 2.24) is 14.9 Å². The van der Waals surface area contributed by atoms with Crippen LogP contribution in [0.3, 0.4) is 0 Å². The summed E-state index contributed by atoms with van der Waals surface area (Å²) in [7, 11) is 1.94. The van der Waals surface area contributed by atoms with Gasteiger partial charge in [-0.15, -0.1) is 0 Å². The summed E-state index contributed by atoms with van der Waals surface area (Å²) in [6.45, 7) is 5.21. The minimum atomic E-state index is 0.588. The van der Waals surface area contributed by atoms with Gasteiger partial charge in [-0.25, -0.2) is 4.98 Å². The highest BCUT2D eigenvalue weighted by molar-refractivity contribution is 6.29. The summed E-state index contributed by atoms with van der Waals surface area (Å²) in [6.07, 6.45) is 5.28. The first-order valence-corrected chi connectivity index (χ1v) is 5.96. The minimum absolute atomic E-state index is 0.588. The van der Waals surface area contributed by atoms with Crippen molar-refractivity contribution < 1.29 is 0 Å². The number of halogens is 1. The first kappa shape index (κ1) is 12.5. The Bertz CT molecular complexity index is 296. The van der Waals surface area contributed by atoms with E-state index in [1.165, 1.54) is 12.8 Å². The summed E-state index contributed by atoms with van der Waals surface area (Å²) in [5.41, 5.74) is 0. The van der Waals surface area contributed by atoms with Crippen LogP contribution in [0.5, 0.6) is 0 Å². The van der Waals surface area contributed by atoms with E-state index in [0.29, 0.717) is 11.2 Å². The second-order valence-electron chi connectivity index (χ2n) is 3.83. The largest absolute Gasteiger partial charge is 0.321 e. The van der Waals surface area contributed by atoms with Gasteiger partial charge >= 0.3 is 0 Å². The maximum Gasteiger partial charge on any atom is 0.128 e. The van der Waals surface area contributed by atoms with Gasteiger partial charge in [0, 0.05) is 13.1 Å². The van der Waals surface area contributed by atoms with Gasteiger partial charge in [0.25, 0.3) is 0 Å². The number of imidazole rings is 1. The summed E-state index contributed by atoms with van der Waals surface area (Å²) in [5.74, 6) is 0.995. The third-order valence-corrected chi connectivity index (χ3v) is 3.06. The molecule has 1 aromatic rings. The number of rotatable bonds is 6. The van der Waals surface area contributed by atoms with Gasteiger partial charge in [0.2, 0.25) is 0 Å². The van der Waals surface area contributed by atoms with Gasteiger partial charge in [-0.1, -0.05) is 31.9 Å². The van der Waals surface area contributed by atoms with Crippen LogP contribution in [0.1, 0.15) is 38.9 Å². The fourth-order valence-corrected chi connectivity index (χ4v) is 1.77. The summed E-state index contributed by atoms with van der Waals surface area (Å²) in [5, 5.41) is 4.19. The highest BCUT2D eigenvalue weighted by Crippen LogP contribution is 2.09. The topological polar surface area (TPSA) is 29.9 Å². The van der Waals surface area contributed by atoms with Crippen molar-refractivity contribution in [3.63, 3.8) is 0 Å². The molecule has 1 atom stereocenters. The zero-order chi connectivity index (χ0) is 11.3. The number of hydrogen-bond donors (Lipinski definition) is 1. The first-order chi connectivity index (χ1) is 7.19. The van der Waals surface area contributed by atoms with E-state index in [4.69, 9.17) is 11.6 Å². The van der Waals surface area contributed by atoms with Crippen LogP contribution in [-0.2, 0) is 13.6 Å². The molecule has 15 heavy (non-hydrogen) atoms. The van der Waals surface area contributed by atoms with Gasteiger partial charge in [-0.3, -0.25) is 0 Å². The average molecular weight is 230 g/mol. The molecule has 0 spiro atoms. The molecule has 0 amide bonds. The van der Waals surface area contributed by atoms with Crippen LogP contribution >= 0.6 is 11.6 Å². The van der Waals surface area contributed by atoms with E-state index in [2.05, 4.69) is 24.1 Å². The number of aromatic nitrogens is 2. The maximum atomic E-state index is 5.91. The van der Waals surface area contributed by atoms with Crippen LogP contribution < -0.4 is 5.32 Å². The Morgan fingerprint density at radius 2 is 2.27 bits per heavy atom. The molecule has 0 radical (unpaired) electrons. The number of nitrogens with zero attached hydrogens (tertiary/aromatic N) is 2. The molecule has 0 aliphatic heterocycles. The summed E-state index contributed by atoms with van der Waals surface area (Å²) in [6, 6.07) is 0.588. The lowest BCUT2D eigenvalue weighted by molar-refractivity contribution is 0.452. The molecule has 1 unspecified atom stereocenters. The minimum Gasteiger partial charge on any atom is -0.321 e. The molecule has 1 heterocycles. The lowest BCUT2D eigenvalue weighted by Crippen LogP contribution is -2.28. The van der Waals surface area contributed by atoms with Crippen molar-refractivity contribution in [2.24, 2.45) is 7.05 Å². The van der Waals surface area contributed by atoms with Gasteiger partial charge in [0.15, 0.2) is 0 Å². The Kier molecular flexibility index (Phi) is 5.12. The maximum absolute atomic E-state index is 5.91. The second kappa shape index (κ2) is 6.13. The van der Waals surface area contributed by atoms with E-state index < -0.39 is 0 Å². The number of hydrogen-bond acceptors (Lipinski definition) is 2. The first-order valence-electron chi connectivity index (χ1n) is 5.58. The molecule has 0 bridgehead atoms. The molecule has 1 aromatic heterocycles. The Balaban J connectivity index is 2.45. The third kappa shape index (κ3) is 3.50. The summed E-state index contributed by atoms with van der Waals surface area (Å²) >= 11 is 5.91. The fourth-order valence-electron chi connectivity index (χ4n) is 1.62. The van der Waals surface area contributed by atoms with Crippen LogP contribution in [0.4, 0.5) is 0 Å². The van der Waals surface area contributed by atoms with E-state index in [-0.39, 0.29) is 0 Å². The van der Waals surface area contributed by atoms with Crippen molar-refractivity contribution >= 4 is 11.6 Å². The molecule has 0 saturated heterocycles. The molecule has 1 N–H and O–H groups in total. The van der Waals surface area contributed by atoms with Gasteiger partial charge in [-0.05, 0) is 12.8 Å². The van der Waals surface area contributed by atoms with Crippen LogP contribution in [0.15, 0.2) is 6.20 Å². The zero-order valence-corrected chi connectivity index (χ0v) is 10.5. The molecule has 0 aromatic carbocycles. The molecule has 0 aliphatic rings. The van der Waals surface area contributed by atoms with Crippen LogP contribution in [0.25, 0.3) is 0 Å². The fraction of sp³-hybridized carbons (Fsp3) is 0.727. The number of nitrogens with one attached hydrogen (secondary N) is 1. The quantitative estimate of drug-likeness (QED) is 0.813. The van der Waals surface area contributed by atoms with Crippen molar-refractivity contribution in [1.29, 1.82) is 0 Å². The van der Waals surface area contributed by atoms with Crippen molar-refractivity contribution in [2.75, 3.05) is 0 Å². The summed E-state index contributed by atoms with van der Waals surface area (Å²) < 4.78 is 1.91. The average Bonchev–Trinajstić information content (AvgIpc) is 2.55. The molecule has 4 heteroatoms. The van der Waals surface area contributed by atoms with E-state index >= 15 is 0 Å². The predicted molar refractivity (Wildman–Crippen MR) is 64.0 cm³/mol. The standard InChI is InChI=1S/C11H20ClN3/c1-4-6-9(5-2)13-8-11-14-7-10(12)15(11)3/h7,9,13H,4-6,8H2,1-3H3. The van der Waals surface area contributed by atoms with Crippen molar-refractivity contribution in [3.8, 4) is 0 Å². The lowest BCUT2D eigenvalue weighted by Gasteiger charge is -2.15. The molecule has 0 fully saturated rings. The van der Waals surface area contributed by atoms with Gasteiger partial charge < -0.3 is 9.88 Å². The highest BCUT2D eigenvalue weighted by atomic mass is 35.5. The van der Waals surface area contributed by atoms with E-state index in [1.54, 1.807) is 6.20 Å². The summed E-state index contributed by atoms with van der Waals surface area (Å²) in [4.78, 5) is 4.25. The predicted octanol–water partition coefficient (Wildman–Crippen LogP) is 2.74. The van der Waals surface area contributed by atoms with Gasteiger partial charge in [0.1, 0.15) is 11.0 Å². The Hall–Kier alpha value is -0.540. The van der Waals surface area contributed by atoms with Gasteiger partial charge in [0.05, 0.1) is 12.7 Å².